The summed E-state index contributed by atoms with van der Waals surface area (Å²) in [6.45, 7) is 5.42. The number of aliphatic hydroxyl groups is 1. The van der Waals surface area contributed by atoms with Crippen LogP contribution in [-0.2, 0) is 6.54 Å². The average Bonchev–Trinajstić information content (AvgIpc) is 2.42. The Morgan fingerprint density at radius 3 is 2.52 bits per heavy atom. The lowest BCUT2D eigenvalue weighted by atomic mass is 9.71. The van der Waals surface area contributed by atoms with Gasteiger partial charge >= 0.3 is 0 Å². The molecule has 0 amide bonds. The second kappa shape index (κ2) is 6.13. The summed E-state index contributed by atoms with van der Waals surface area (Å²) >= 11 is 0. The molecule has 0 unspecified atom stereocenters. The van der Waals surface area contributed by atoms with Gasteiger partial charge < -0.3 is 10.4 Å². The zero-order valence-corrected chi connectivity index (χ0v) is 12.7. The molecule has 1 aliphatic rings. The standard InChI is InChI=1S/C17H23FN2O/c1-16(2)3-5-17(21,6-4-16)12-20-11-14-7-13(10-19)8-15(18)9-14/h7-9,20-21H,3-6,11-12H2,1-2H3. The van der Waals surface area contributed by atoms with Crippen molar-refractivity contribution in [2.45, 2.75) is 51.7 Å². The van der Waals surface area contributed by atoms with Gasteiger partial charge in [0.2, 0.25) is 0 Å². The fourth-order valence-electron chi connectivity index (χ4n) is 2.83. The molecule has 0 aromatic heterocycles. The molecule has 0 saturated heterocycles. The minimum absolute atomic E-state index is 0.316. The van der Waals surface area contributed by atoms with E-state index < -0.39 is 11.4 Å². The monoisotopic (exact) mass is 290 g/mol. The number of benzene rings is 1. The van der Waals surface area contributed by atoms with Crippen molar-refractivity contribution in [2.24, 2.45) is 5.41 Å². The van der Waals surface area contributed by atoms with Crippen molar-refractivity contribution in [1.82, 2.24) is 5.32 Å². The second-order valence-corrected chi connectivity index (χ2v) is 6.95. The molecule has 1 aromatic carbocycles. The first-order valence-electron chi connectivity index (χ1n) is 7.45. The molecular weight excluding hydrogens is 267 g/mol. The summed E-state index contributed by atoms with van der Waals surface area (Å²) in [6, 6.07) is 6.26. The molecule has 1 aliphatic carbocycles. The largest absolute Gasteiger partial charge is 0.389 e. The molecule has 1 aromatic rings. The molecule has 1 saturated carbocycles. The summed E-state index contributed by atoms with van der Waals surface area (Å²) < 4.78 is 13.3. The lowest BCUT2D eigenvalue weighted by molar-refractivity contribution is -0.0245. The van der Waals surface area contributed by atoms with Gasteiger partial charge in [-0.15, -0.1) is 0 Å². The van der Waals surface area contributed by atoms with Crippen molar-refractivity contribution in [2.75, 3.05) is 6.54 Å². The van der Waals surface area contributed by atoms with Crippen LogP contribution < -0.4 is 5.32 Å². The number of hydrogen-bond donors (Lipinski definition) is 2. The molecule has 2 N–H and O–H groups in total. The number of nitrogens with zero attached hydrogens (tertiary/aromatic N) is 1. The van der Waals surface area contributed by atoms with Gasteiger partial charge in [-0.05, 0) is 54.9 Å². The molecule has 0 atom stereocenters. The SMILES string of the molecule is CC1(C)CCC(O)(CNCc2cc(F)cc(C#N)c2)CC1. The lowest BCUT2D eigenvalue weighted by Crippen LogP contribution is -2.44. The molecule has 2 rings (SSSR count). The Morgan fingerprint density at radius 1 is 1.24 bits per heavy atom. The maximum Gasteiger partial charge on any atom is 0.124 e. The quantitative estimate of drug-likeness (QED) is 0.896. The molecule has 114 valence electrons. The lowest BCUT2D eigenvalue weighted by Gasteiger charge is -2.40. The van der Waals surface area contributed by atoms with Crippen LogP contribution >= 0.6 is 0 Å². The Hall–Kier alpha value is -1.44. The van der Waals surface area contributed by atoms with Crippen molar-refractivity contribution in [3.8, 4) is 6.07 Å². The Morgan fingerprint density at radius 2 is 1.90 bits per heavy atom. The van der Waals surface area contributed by atoms with Crippen LogP contribution in [0.3, 0.4) is 0 Å². The molecule has 0 aliphatic heterocycles. The van der Waals surface area contributed by atoms with Gasteiger partial charge in [0.1, 0.15) is 5.82 Å². The van der Waals surface area contributed by atoms with E-state index in [1.165, 1.54) is 12.1 Å². The van der Waals surface area contributed by atoms with Gasteiger partial charge in [0.25, 0.3) is 0 Å². The van der Waals surface area contributed by atoms with Crippen molar-refractivity contribution < 1.29 is 9.50 Å². The zero-order chi connectivity index (χ0) is 15.5. The van der Waals surface area contributed by atoms with E-state index in [2.05, 4.69) is 19.2 Å². The average molecular weight is 290 g/mol. The highest BCUT2D eigenvalue weighted by atomic mass is 19.1. The zero-order valence-electron chi connectivity index (χ0n) is 12.7. The van der Waals surface area contributed by atoms with Gasteiger partial charge in [-0.1, -0.05) is 13.8 Å². The van der Waals surface area contributed by atoms with E-state index in [0.29, 0.717) is 24.1 Å². The Kier molecular flexibility index (Phi) is 4.65. The fourth-order valence-corrected chi connectivity index (χ4v) is 2.83. The van der Waals surface area contributed by atoms with Crippen LogP contribution in [0.2, 0.25) is 0 Å². The predicted molar refractivity (Wildman–Crippen MR) is 80.0 cm³/mol. The summed E-state index contributed by atoms with van der Waals surface area (Å²) in [5.41, 5.74) is 0.702. The highest BCUT2D eigenvalue weighted by Crippen LogP contribution is 2.39. The third-order valence-electron chi connectivity index (χ3n) is 4.40. The van der Waals surface area contributed by atoms with Crippen LogP contribution in [-0.4, -0.2) is 17.3 Å². The molecule has 0 radical (unpaired) electrons. The summed E-state index contributed by atoms with van der Waals surface area (Å²) in [6.07, 6.45) is 3.62. The number of nitrogens with one attached hydrogen (secondary N) is 1. The third-order valence-corrected chi connectivity index (χ3v) is 4.40. The van der Waals surface area contributed by atoms with Crippen LogP contribution in [0, 0.1) is 22.6 Å². The van der Waals surface area contributed by atoms with Crippen molar-refractivity contribution in [1.29, 1.82) is 5.26 Å². The number of hydrogen-bond acceptors (Lipinski definition) is 3. The molecular formula is C17H23FN2O. The number of nitriles is 1. The molecule has 1 fully saturated rings. The molecule has 0 spiro atoms. The van der Waals surface area contributed by atoms with Crippen molar-refractivity contribution in [3.63, 3.8) is 0 Å². The molecule has 0 heterocycles. The van der Waals surface area contributed by atoms with Gasteiger partial charge in [0.05, 0.1) is 17.2 Å². The van der Waals surface area contributed by atoms with Gasteiger partial charge in [-0.25, -0.2) is 4.39 Å². The highest BCUT2D eigenvalue weighted by Gasteiger charge is 2.36. The van der Waals surface area contributed by atoms with Gasteiger partial charge in [-0.2, -0.15) is 5.26 Å². The van der Waals surface area contributed by atoms with Crippen LogP contribution in [0.15, 0.2) is 18.2 Å². The fraction of sp³-hybridized carbons (Fsp3) is 0.588. The van der Waals surface area contributed by atoms with Crippen LogP contribution in [0.4, 0.5) is 4.39 Å². The summed E-state index contributed by atoms with van der Waals surface area (Å²) in [4.78, 5) is 0. The first-order valence-corrected chi connectivity index (χ1v) is 7.45. The van der Waals surface area contributed by atoms with Crippen molar-refractivity contribution in [3.05, 3.63) is 35.1 Å². The van der Waals surface area contributed by atoms with Crippen LogP contribution in [0.5, 0.6) is 0 Å². The van der Waals surface area contributed by atoms with E-state index in [0.717, 1.165) is 31.2 Å². The molecule has 4 heteroatoms. The highest BCUT2D eigenvalue weighted by molar-refractivity contribution is 5.33. The van der Waals surface area contributed by atoms with Gasteiger partial charge in [0.15, 0.2) is 0 Å². The minimum atomic E-state index is -0.666. The van der Waals surface area contributed by atoms with Gasteiger partial charge in [-0.3, -0.25) is 0 Å². The molecule has 3 nitrogen and oxygen atoms in total. The topological polar surface area (TPSA) is 56.0 Å². The van der Waals surface area contributed by atoms with Gasteiger partial charge in [0, 0.05) is 13.1 Å². The van der Waals surface area contributed by atoms with E-state index >= 15 is 0 Å². The van der Waals surface area contributed by atoms with E-state index in [9.17, 15) is 9.50 Å². The van der Waals surface area contributed by atoms with Crippen LogP contribution in [0.25, 0.3) is 0 Å². The Balaban J connectivity index is 1.87. The summed E-state index contributed by atoms with van der Waals surface area (Å²) in [5.74, 6) is -0.399. The van der Waals surface area contributed by atoms with E-state index in [1.54, 1.807) is 6.07 Å². The first-order chi connectivity index (χ1) is 9.82. The van der Waals surface area contributed by atoms with E-state index in [1.807, 2.05) is 6.07 Å². The number of rotatable bonds is 4. The molecule has 0 bridgehead atoms. The van der Waals surface area contributed by atoms with Crippen molar-refractivity contribution >= 4 is 0 Å². The Bertz CT molecular complexity index is 538. The van der Waals surface area contributed by atoms with Crippen LogP contribution in [0.1, 0.15) is 50.7 Å². The summed E-state index contributed by atoms with van der Waals surface area (Å²) in [7, 11) is 0. The minimum Gasteiger partial charge on any atom is -0.389 e. The first kappa shape index (κ1) is 15.9. The number of halogens is 1. The molecule has 21 heavy (non-hydrogen) atoms. The van der Waals surface area contributed by atoms with E-state index in [4.69, 9.17) is 5.26 Å². The Labute approximate surface area is 125 Å². The second-order valence-electron chi connectivity index (χ2n) is 6.95. The maximum atomic E-state index is 13.3. The van der Waals surface area contributed by atoms with E-state index in [-0.39, 0.29) is 0 Å². The maximum absolute atomic E-state index is 13.3. The third kappa shape index (κ3) is 4.52. The predicted octanol–water partition coefficient (Wildman–Crippen LogP) is 3.12. The normalized spacial score (nSPS) is 20.0. The smallest absolute Gasteiger partial charge is 0.124 e. The summed E-state index contributed by atoms with van der Waals surface area (Å²) in [5, 5.41) is 22.6.